The molecule has 0 radical (unpaired) electrons. The second-order valence-corrected chi connectivity index (χ2v) is 6.32. The highest BCUT2D eigenvalue weighted by Gasteiger charge is 2.30. The minimum absolute atomic E-state index is 0.0240. The molecular formula is C16H29N3O3. The van der Waals surface area contributed by atoms with Crippen molar-refractivity contribution in [1.29, 1.82) is 0 Å². The van der Waals surface area contributed by atoms with Gasteiger partial charge in [0.1, 0.15) is 6.04 Å². The largest absolute Gasteiger partial charge is 0.379 e. The lowest BCUT2D eigenvalue weighted by Gasteiger charge is -2.27. The summed E-state index contributed by atoms with van der Waals surface area (Å²) in [6.07, 6.45) is 5.32. The first kappa shape index (κ1) is 17.2. The van der Waals surface area contributed by atoms with Crippen molar-refractivity contribution < 1.29 is 14.3 Å². The van der Waals surface area contributed by atoms with E-state index in [9.17, 15) is 9.59 Å². The summed E-state index contributed by atoms with van der Waals surface area (Å²) >= 11 is 0. The van der Waals surface area contributed by atoms with Gasteiger partial charge in [-0.3, -0.25) is 14.5 Å². The van der Waals surface area contributed by atoms with Gasteiger partial charge >= 0.3 is 0 Å². The molecule has 0 bridgehead atoms. The summed E-state index contributed by atoms with van der Waals surface area (Å²) in [5.74, 6) is 0.146. The van der Waals surface area contributed by atoms with Gasteiger partial charge in [-0.05, 0) is 31.7 Å². The SMILES string of the molecule is CC(=O)NC(C(=O)NCCCN1CCOCC1)C1CCCC1. The molecule has 6 nitrogen and oxygen atoms in total. The van der Waals surface area contributed by atoms with Crippen molar-refractivity contribution in [2.75, 3.05) is 39.4 Å². The zero-order valence-electron chi connectivity index (χ0n) is 13.6. The number of morpholine rings is 1. The standard InChI is InChI=1S/C16H29N3O3/c1-13(20)18-15(14-5-2-3-6-14)16(21)17-7-4-8-19-9-11-22-12-10-19/h14-15H,2-12H2,1H3,(H,17,21)(H,18,20). The lowest BCUT2D eigenvalue weighted by molar-refractivity contribution is -0.129. The Balaban J connectivity index is 1.69. The van der Waals surface area contributed by atoms with Crippen LogP contribution in [-0.2, 0) is 14.3 Å². The predicted molar refractivity (Wildman–Crippen MR) is 84.4 cm³/mol. The summed E-state index contributed by atoms with van der Waals surface area (Å²) in [4.78, 5) is 26.1. The molecule has 2 rings (SSSR count). The van der Waals surface area contributed by atoms with Gasteiger partial charge in [0.15, 0.2) is 0 Å². The monoisotopic (exact) mass is 311 g/mol. The maximum atomic E-state index is 12.4. The highest BCUT2D eigenvalue weighted by atomic mass is 16.5. The van der Waals surface area contributed by atoms with E-state index in [2.05, 4.69) is 15.5 Å². The fraction of sp³-hybridized carbons (Fsp3) is 0.875. The normalized spacial score (nSPS) is 21.5. The molecule has 0 aromatic carbocycles. The summed E-state index contributed by atoms with van der Waals surface area (Å²) in [5.41, 5.74) is 0. The van der Waals surface area contributed by atoms with E-state index in [1.54, 1.807) is 0 Å². The van der Waals surface area contributed by atoms with Gasteiger partial charge in [0, 0.05) is 26.6 Å². The molecule has 2 aliphatic rings. The Morgan fingerprint density at radius 2 is 1.91 bits per heavy atom. The van der Waals surface area contributed by atoms with Crippen molar-refractivity contribution in [2.24, 2.45) is 5.92 Å². The van der Waals surface area contributed by atoms with E-state index in [0.29, 0.717) is 12.5 Å². The number of rotatable bonds is 7. The molecule has 0 aromatic heterocycles. The zero-order valence-corrected chi connectivity index (χ0v) is 13.6. The van der Waals surface area contributed by atoms with Crippen molar-refractivity contribution in [3.8, 4) is 0 Å². The molecule has 0 aromatic rings. The molecule has 1 saturated carbocycles. The number of amides is 2. The molecule has 2 N–H and O–H groups in total. The lowest BCUT2D eigenvalue weighted by Crippen LogP contribution is -2.50. The maximum Gasteiger partial charge on any atom is 0.242 e. The number of nitrogens with zero attached hydrogens (tertiary/aromatic N) is 1. The average molecular weight is 311 g/mol. The summed E-state index contributed by atoms with van der Waals surface area (Å²) in [6, 6.07) is -0.358. The van der Waals surface area contributed by atoms with Crippen LogP contribution in [0.4, 0.5) is 0 Å². The Hall–Kier alpha value is -1.14. The van der Waals surface area contributed by atoms with Gasteiger partial charge in [0.2, 0.25) is 11.8 Å². The fourth-order valence-electron chi connectivity index (χ4n) is 3.36. The predicted octanol–water partition coefficient (Wildman–Crippen LogP) is 0.520. The van der Waals surface area contributed by atoms with E-state index in [4.69, 9.17) is 4.74 Å². The van der Waals surface area contributed by atoms with Gasteiger partial charge in [-0.2, -0.15) is 0 Å². The van der Waals surface area contributed by atoms with Crippen molar-refractivity contribution in [2.45, 2.75) is 45.1 Å². The molecule has 1 atom stereocenters. The first-order chi connectivity index (χ1) is 10.7. The Labute approximate surface area is 132 Å². The summed E-state index contributed by atoms with van der Waals surface area (Å²) in [6.45, 7) is 6.69. The molecule has 22 heavy (non-hydrogen) atoms. The van der Waals surface area contributed by atoms with Gasteiger partial charge < -0.3 is 15.4 Å². The second-order valence-electron chi connectivity index (χ2n) is 6.32. The average Bonchev–Trinajstić information content (AvgIpc) is 3.04. The zero-order chi connectivity index (χ0) is 15.8. The van der Waals surface area contributed by atoms with Crippen LogP contribution in [0.5, 0.6) is 0 Å². The number of ether oxygens (including phenoxy) is 1. The van der Waals surface area contributed by atoms with Gasteiger partial charge in [-0.1, -0.05) is 12.8 Å². The Morgan fingerprint density at radius 1 is 1.23 bits per heavy atom. The number of carbonyl (C=O) groups is 2. The Bertz CT molecular complexity index is 364. The van der Waals surface area contributed by atoms with Crippen LogP contribution in [0.15, 0.2) is 0 Å². The topological polar surface area (TPSA) is 70.7 Å². The van der Waals surface area contributed by atoms with Gasteiger partial charge in [-0.15, -0.1) is 0 Å². The minimum Gasteiger partial charge on any atom is -0.379 e. The second kappa shape index (κ2) is 9.10. The van der Waals surface area contributed by atoms with Crippen LogP contribution in [0.1, 0.15) is 39.0 Å². The minimum atomic E-state index is -0.358. The molecule has 0 spiro atoms. The van der Waals surface area contributed by atoms with Crippen molar-refractivity contribution in [1.82, 2.24) is 15.5 Å². The molecule has 1 aliphatic carbocycles. The van der Waals surface area contributed by atoms with E-state index in [-0.39, 0.29) is 17.9 Å². The molecule has 2 fully saturated rings. The molecule has 6 heteroatoms. The van der Waals surface area contributed by atoms with Gasteiger partial charge in [-0.25, -0.2) is 0 Å². The van der Waals surface area contributed by atoms with Crippen molar-refractivity contribution in [3.63, 3.8) is 0 Å². The lowest BCUT2D eigenvalue weighted by atomic mass is 9.97. The van der Waals surface area contributed by atoms with E-state index < -0.39 is 0 Å². The third kappa shape index (κ3) is 5.57. The van der Waals surface area contributed by atoms with Crippen LogP contribution in [0.2, 0.25) is 0 Å². The highest BCUT2D eigenvalue weighted by molar-refractivity contribution is 5.87. The number of hydrogen-bond donors (Lipinski definition) is 2. The molecular weight excluding hydrogens is 282 g/mol. The molecule has 2 amide bonds. The molecule has 1 heterocycles. The van der Waals surface area contributed by atoms with Gasteiger partial charge in [0.25, 0.3) is 0 Å². The van der Waals surface area contributed by atoms with E-state index in [1.807, 2.05) is 0 Å². The number of nitrogens with one attached hydrogen (secondary N) is 2. The van der Waals surface area contributed by atoms with Crippen LogP contribution in [0, 0.1) is 5.92 Å². The smallest absolute Gasteiger partial charge is 0.242 e. The quantitative estimate of drug-likeness (QED) is 0.673. The molecule has 1 saturated heterocycles. The van der Waals surface area contributed by atoms with E-state index in [0.717, 1.165) is 65.0 Å². The van der Waals surface area contributed by atoms with E-state index in [1.165, 1.54) is 6.92 Å². The van der Waals surface area contributed by atoms with Crippen LogP contribution in [0.25, 0.3) is 0 Å². The van der Waals surface area contributed by atoms with Crippen molar-refractivity contribution >= 4 is 11.8 Å². The highest BCUT2D eigenvalue weighted by Crippen LogP contribution is 2.27. The van der Waals surface area contributed by atoms with Crippen LogP contribution in [-0.4, -0.2) is 62.1 Å². The number of hydrogen-bond acceptors (Lipinski definition) is 4. The van der Waals surface area contributed by atoms with Crippen LogP contribution in [0.3, 0.4) is 0 Å². The Kier molecular flexibility index (Phi) is 7.12. The van der Waals surface area contributed by atoms with Crippen LogP contribution < -0.4 is 10.6 Å². The van der Waals surface area contributed by atoms with Crippen LogP contribution >= 0.6 is 0 Å². The molecule has 126 valence electrons. The molecule has 1 unspecified atom stereocenters. The third-order valence-corrected chi connectivity index (χ3v) is 4.57. The van der Waals surface area contributed by atoms with E-state index >= 15 is 0 Å². The first-order valence-corrected chi connectivity index (χ1v) is 8.52. The summed E-state index contributed by atoms with van der Waals surface area (Å²) < 4.78 is 5.32. The first-order valence-electron chi connectivity index (χ1n) is 8.52. The summed E-state index contributed by atoms with van der Waals surface area (Å²) in [5, 5.41) is 5.83. The van der Waals surface area contributed by atoms with Gasteiger partial charge in [0.05, 0.1) is 13.2 Å². The van der Waals surface area contributed by atoms with Crippen molar-refractivity contribution in [3.05, 3.63) is 0 Å². The third-order valence-electron chi connectivity index (χ3n) is 4.57. The maximum absolute atomic E-state index is 12.4. The Morgan fingerprint density at radius 3 is 2.55 bits per heavy atom. The number of carbonyl (C=O) groups excluding carboxylic acids is 2. The molecule has 1 aliphatic heterocycles. The fourth-order valence-corrected chi connectivity index (χ4v) is 3.36. The summed E-state index contributed by atoms with van der Waals surface area (Å²) in [7, 11) is 0.